The highest BCUT2D eigenvalue weighted by molar-refractivity contribution is 7.22. The molecule has 1 saturated carbocycles. The normalized spacial score (nSPS) is 28.9. The molecular formula is C17H19N5OS. The summed E-state index contributed by atoms with van der Waals surface area (Å²) in [5, 5.41) is 10.6. The molecule has 2 fully saturated rings. The second-order valence-electron chi connectivity index (χ2n) is 7.40. The molecule has 124 valence electrons. The Morgan fingerprint density at radius 1 is 1.38 bits per heavy atom. The minimum atomic E-state index is -0.0442. The molecule has 1 saturated heterocycles. The number of fused-ring (bicyclic) bond motifs is 2. The van der Waals surface area contributed by atoms with Crippen LogP contribution in [0.4, 0.5) is 0 Å². The van der Waals surface area contributed by atoms with Crippen molar-refractivity contribution in [3.63, 3.8) is 0 Å². The van der Waals surface area contributed by atoms with Crippen LogP contribution in [-0.4, -0.2) is 26.7 Å². The van der Waals surface area contributed by atoms with E-state index < -0.39 is 0 Å². The number of rotatable bonds is 2. The van der Waals surface area contributed by atoms with Crippen LogP contribution in [0.2, 0.25) is 0 Å². The summed E-state index contributed by atoms with van der Waals surface area (Å²) in [7, 11) is 0. The largest absolute Gasteiger partial charge is 0.308 e. The predicted molar refractivity (Wildman–Crippen MR) is 94.1 cm³/mol. The van der Waals surface area contributed by atoms with Gasteiger partial charge in [-0.3, -0.25) is 9.89 Å². The molecule has 0 aromatic carbocycles. The van der Waals surface area contributed by atoms with Crippen molar-refractivity contribution < 1.29 is 0 Å². The van der Waals surface area contributed by atoms with E-state index in [1.165, 1.54) is 17.8 Å². The molecule has 3 aromatic rings. The Hall–Kier alpha value is -1.99. The van der Waals surface area contributed by atoms with E-state index in [9.17, 15) is 4.79 Å². The van der Waals surface area contributed by atoms with Crippen molar-refractivity contribution in [3.05, 3.63) is 34.1 Å². The quantitative estimate of drug-likeness (QED) is 0.669. The number of thiophene rings is 1. The third-order valence-electron chi connectivity index (χ3n) is 5.65. The molecule has 24 heavy (non-hydrogen) atoms. The highest BCUT2D eigenvalue weighted by Gasteiger charge is 2.53. The van der Waals surface area contributed by atoms with E-state index in [1.807, 2.05) is 13.0 Å². The van der Waals surface area contributed by atoms with Crippen LogP contribution >= 0.6 is 11.3 Å². The first-order valence-corrected chi connectivity index (χ1v) is 9.13. The number of aryl methyl sites for hydroxylation is 1. The van der Waals surface area contributed by atoms with Crippen LogP contribution in [0.5, 0.6) is 0 Å². The summed E-state index contributed by atoms with van der Waals surface area (Å²) < 4.78 is 0.681. The van der Waals surface area contributed by atoms with Gasteiger partial charge >= 0.3 is 0 Å². The second kappa shape index (κ2) is 4.77. The van der Waals surface area contributed by atoms with E-state index in [2.05, 4.69) is 27.4 Å². The molecule has 2 unspecified atom stereocenters. The Bertz CT molecular complexity index is 1000. The molecule has 0 amide bonds. The highest BCUT2D eigenvalue weighted by atomic mass is 32.1. The lowest BCUT2D eigenvalue weighted by atomic mass is 9.92. The Morgan fingerprint density at radius 2 is 2.25 bits per heavy atom. The molecule has 3 aromatic heterocycles. The number of aromatic nitrogens is 4. The van der Waals surface area contributed by atoms with Crippen LogP contribution in [-0.2, 0) is 0 Å². The average molecular weight is 341 g/mol. The molecule has 6 nitrogen and oxygen atoms in total. The summed E-state index contributed by atoms with van der Waals surface area (Å²) in [6.07, 6.45) is 4.13. The number of hydrogen-bond donors (Lipinski definition) is 3. The van der Waals surface area contributed by atoms with Gasteiger partial charge in [0.1, 0.15) is 10.5 Å². The lowest BCUT2D eigenvalue weighted by Gasteiger charge is -2.27. The standard InChI is InChI=1S/C17H19N5OS/c1-8-10(7-19-22-8)13-3-11-14(24-13)16(23)21-15(20-11)12-5-17(2)4-9(17)6-18-12/h3,7,9,12,18H,4-6H2,1-2H3,(H,19,22)(H,20,21,23)/t9-,12?,17?/m1/s1. The van der Waals surface area contributed by atoms with Crippen molar-refractivity contribution in [1.82, 2.24) is 25.5 Å². The molecule has 0 radical (unpaired) electrons. The van der Waals surface area contributed by atoms with Gasteiger partial charge in [0.05, 0.1) is 17.8 Å². The fraction of sp³-hybridized carbons (Fsp3) is 0.471. The van der Waals surface area contributed by atoms with Gasteiger partial charge in [-0.25, -0.2) is 4.98 Å². The predicted octanol–water partition coefficient (Wildman–Crippen LogP) is 2.74. The second-order valence-corrected chi connectivity index (χ2v) is 8.46. The molecule has 7 heteroatoms. The number of aromatic amines is 2. The minimum absolute atomic E-state index is 0.0442. The van der Waals surface area contributed by atoms with Gasteiger partial charge in [-0.05, 0) is 43.7 Å². The fourth-order valence-corrected chi connectivity index (χ4v) is 5.00. The molecule has 0 spiro atoms. The number of H-pyrrole nitrogens is 2. The maximum absolute atomic E-state index is 12.5. The lowest BCUT2D eigenvalue weighted by molar-refractivity contribution is 0.301. The van der Waals surface area contributed by atoms with Crippen molar-refractivity contribution in [1.29, 1.82) is 0 Å². The number of nitrogens with one attached hydrogen (secondary N) is 3. The van der Waals surface area contributed by atoms with Crippen LogP contribution in [0, 0.1) is 18.3 Å². The zero-order valence-electron chi connectivity index (χ0n) is 13.6. The molecule has 1 aliphatic heterocycles. The minimum Gasteiger partial charge on any atom is -0.308 e. The molecule has 5 rings (SSSR count). The zero-order chi connectivity index (χ0) is 16.5. The molecular weight excluding hydrogens is 322 g/mol. The topological polar surface area (TPSA) is 86.5 Å². The smallest absolute Gasteiger partial charge is 0.268 e. The van der Waals surface area contributed by atoms with E-state index in [0.29, 0.717) is 10.1 Å². The van der Waals surface area contributed by atoms with Crippen LogP contribution in [0.15, 0.2) is 17.1 Å². The van der Waals surface area contributed by atoms with Gasteiger partial charge < -0.3 is 10.3 Å². The first-order valence-electron chi connectivity index (χ1n) is 8.31. The number of nitrogens with zero attached hydrogens (tertiary/aromatic N) is 2. The molecule has 3 N–H and O–H groups in total. The average Bonchev–Trinajstić information content (AvgIpc) is 2.86. The molecule has 1 aliphatic carbocycles. The van der Waals surface area contributed by atoms with Gasteiger partial charge in [0, 0.05) is 16.1 Å². The fourth-order valence-electron chi connectivity index (χ4n) is 3.94. The molecule has 2 aliphatic rings. The number of piperidine rings is 1. The highest BCUT2D eigenvalue weighted by Crippen LogP contribution is 2.58. The van der Waals surface area contributed by atoms with Gasteiger partial charge in [0.25, 0.3) is 5.56 Å². The Morgan fingerprint density at radius 3 is 3.00 bits per heavy atom. The summed E-state index contributed by atoms with van der Waals surface area (Å²) in [6.45, 7) is 5.34. The summed E-state index contributed by atoms with van der Waals surface area (Å²) in [5.74, 6) is 1.56. The Balaban J connectivity index is 1.57. The van der Waals surface area contributed by atoms with Gasteiger partial charge in [0.2, 0.25) is 0 Å². The molecule has 3 atom stereocenters. The van der Waals surface area contributed by atoms with E-state index in [4.69, 9.17) is 4.98 Å². The summed E-state index contributed by atoms with van der Waals surface area (Å²) in [6, 6.07) is 2.14. The Labute approximate surface area is 142 Å². The van der Waals surface area contributed by atoms with Crippen LogP contribution in [0.25, 0.3) is 20.7 Å². The van der Waals surface area contributed by atoms with Crippen molar-refractivity contribution in [2.75, 3.05) is 6.54 Å². The van der Waals surface area contributed by atoms with Crippen LogP contribution in [0.3, 0.4) is 0 Å². The maximum atomic E-state index is 12.5. The first-order chi connectivity index (χ1) is 11.5. The summed E-state index contributed by atoms with van der Waals surface area (Å²) >= 11 is 1.47. The third kappa shape index (κ3) is 2.08. The maximum Gasteiger partial charge on any atom is 0.268 e. The van der Waals surface area contributed by atoms with Gasteiger partial charge in [-0.15, -0.1) is 11.3 Å². The van der Waals surface area contributed by atoms with Crippen molar-refractivity contribution in [3.8, 4) is 10.4 Å². The number of hydrogen-bond acceptors (Lipinski definition) is 5. The summed E-state index contributed by atoms with van der Waals surface area (Å²) in [4.78, 5) is 21.3. The van der Waals surface area contributed by atoms with E-state index >= 15 is 0 Å². The van der Waals surface area contributed by atoms with E-state index in [1.54, 1.807) is 6.20 Å². The van der Waals surface area contributed by atoms with E-state index in [0.717, 1.165) is 46.4 Å². The molecule has 0 bridgehead atoms. The van der Waals surface area contributed by atoms with Gasteiger partial charge in [0.15, 0.2) is 0 Å². The van der Waals surface area contributed by atoms with Crippen LogP contribution in [0.1, 0.15) is 37.3 Å². The summed E-state index contributed by atoms with van der Waals surface area (Å²) in [5.41, 5.74) is 3.19. The SMILES string of the molecule is Cc1[nH]ncc1-c1cc2nc(C3CC4(C)C[C@@H]4CN3)[nH]c(=O)c2s1. The van der Waals surface area contributed by atoms with Gasteiger partial charge in [-0.2, -0.15) is 5.10 Å². The van der Waals surface area contributed by atoms with Crippen LogP contribution < -0.4 is 10.9 Å². The molecule has 4 heterocycles. The monoisotopic (exact) mass is 341 g/mol. The van der Waals surface area contributed by atoms with E-state index in [-0.39, 0.29) is 11.6 Å². The van der Waals surface area contributed by atoms with Gasteiger partial charge in [-0.1, -0.05) is 6.92 Å². The van der Waals surface area contributed by atoms with Crippen molar-refractivity contribution in [2.45, 2.75) is 32.7 Å². The first kappa shape index (κ1) is 14.4. The Kier molecular flexibility index (Phi) is 2.85. The lowest BCUT2D eigenvalue weighted by Crippen LogP contribution is -2.34. The van der Waals surface area contributed by atoms with Crippen molar-refractivity contribution >= 4 is 21.6 Å². The third-order valence-corrected chi connectivity index (χ3v) is 6.80. The zero-order valence-corrected chi connectivity index (χ0v) is 14.5. The van der Waals surface area contributed by atoms with Crippen molar-refractivity contribution in [2.24, 2.45) is 11.3 Å².